The van der Waals surface area contributed by atoms with Gasteiger partial charge < -0.3 is 24.1 Å². The molecule has 1 N–H and O–H groups in total. The summed E-state index contributed by atoms with van der Waals surface area (Å²) in [7, 11) is 3.16. The predicted molar refractivity (Wildman–Crippen MR) is 136 cm³/mol. The smallest absolute Gasteiger partial charge is 0.322 e. The first kappa shape index (κ1) is 25.2. The van der Waals surface area contributed by atoms with Crippen molar-refractivity contribution in [2.45, 2.75) is 33.2 Å². The van der Waals surface area contributed by atoms with Gasteiger partial charge in [0.15, 0.2) is 11.5 Å². The van der Waals surface area contributed by atoms with Crippen molar-refractivity contribution in [3.8, 4) is 22.9 Å². The fourth-order valence-corrected chi connectivity index (χ4v) is 4.23. The van der Waals surface area contributed by atoms with E-state index in [1.165, 1.54) is 0 Å². The number of rotatable bonds is 10. The molecular weight excluding hydrogens is 460 g/mol. The van der Waals surface area contributed by atoms with E-state index in [9.17, 15) is 4.79 Å². The molecule has 1 aliphatic rings. The van der Waals surface area contributed by atoms with Crippen LogP contribution in [0.2, 0.25) is 0 Å². The molecule has 0 saturated heterocycles. The van der Waals surface area contributed by atoms with Crippen LogP contribution in [0.5, 0.6) is 11.5 Å². The number of amides is 2. The number of allylic oxidation sites excluding steroid dienone is 1. The fourth-order valence-electron chi connectivity index (χ4n) is 4.23. The molecule has 0 saturated carbocycles. The van der Waals surface area contributed by atoms with Gasteiger partial charge in [-0.05, 0) is 44.9 Å². The Morgan fingerprint density at radius 3 is 2.50 bits per heavy atom. The number of carbonyl (C=O) groups excluding carboxylic acids is 1. The molecule has 2 heterocycles. The second kappa shape index (κ2) is 11.3. The molecule has 1 aromatic heterocycles. The summed E-state index contributed by atoms with van der Waals surface area (Å²) in [5.74, 6) is 1.99. The third kappa shape index (κ3) is 5.21. The van der Waals surface area contributed by atoms with Gasteiger partial charge in [0.25, 0.3) is 5.89 Å². The average molecular weight is 493 g/mol. The summed E-state index contributed by atoms with van der Waals surface area (Å²) >= 11 is 0. The first-order valence-electron chi connectivity index (χ1n) is 12.0. The molecule has 2 amide bonds. The molecule has 9 heteroatoms. The van der Waals surface area contributed by atoms with Crippen molar-refractivity contribution in [2.75, 3.05) is 34.0 Å². The zero-order valence-corrected chi connectivity index (χ0v) is 21.3. The highest BCUT2D eigenvalue weighted by Crippen LogP contribution is 2.40. The minimum absolute atomic E-state index is 0.203. The number of methoxy groups -OCH3 is 2. The van der Waals surface area contributed by atoms with Crippen LogP contribution in [0, 0.1) is 6.92 Å². The van der Waals surface area contributed by atoms with Crippen molar-refractivity contribution in [1.82, 2.24) is 20.4 Å². The summed E-state index contributed by atoms with van der Waals surface area (Å²) in [6.45, 7) is 7.58. The molecule has 9 nitrogen and oxygen atoms in total. The van der Waals surface area contributed by atoms with E-state index in [-0.39, 0.29) is 6.03 Å². The quantitative estimate of drug-likeness (QED) is 0.398. The Bertz CT molecular complexity index is 1240. The predicted octanol–water partition coefficient (Wildman–Crippen LogP) is 4.99. The Kier molecular flexibility index (Phi) is 7.90. The third-order valence-electron chi connectivity index (χ3n) is 6.18. The van der Waals surface area contributed by atoms with Crippen LogP contribution in [-0.2, 0) is 4.74 Å². The molecular formula is C27H32N4O5. The molecule has 0 spiro atoms. The number of carbonyl (C=O) groups is 1. The maximum absolute atomic E-state index is 13.2. The van der Waals surface area contributed by atoms with Crippen LogP contribution in [0.3, 0.4) is 0 Å². The minimum atomic E-state index is -0.522. The van der Waals surface area contributed by atoms with E-state index in [0.29, 0.717) is 49.4 Å². The Balaban J connectivity index is 1.76. The maximum atomic E-state index is 13.2. The topological polar surface area (TPSA) is 99.0 Å². The molecule has 1 atom stereocenters. The van der Waals surface area contributed by atoms with E-state index in [4.69, 9.17) is 23.7 Å². The van der Waals surface area contributed by atoms with Crippen molar-refractivity contribution in [2.24, 2.45) is 0 Å². The SMILES string of the molecule is CCOCCCN1C(=O)NC(c2ccc(OC)c(OC)c2)C(c2nc(-c3ccc(C)cc3)no2)=C1C. The lowest BCUT2D eigenvalue weighted by molar-refractivity contribution is 0.136. The van der Waals surface area contributed by atoms with Gasteiger partial charge in [-0.2, -0.15) is 4.98 Å². The van der Waals surface area contributed by atoms with Crippen molar-refractivity contribution >= 4 is 11.6 Å². The first-order chi connectivity index (χ1) is 17.5. The minimum Gasteiger partial charge on any atom is -0.493 e. The highest BCUT2D eigenvalue weighted by atomic mass is 16.5. The number of ether oxygens (including phenoxy) is 3. The van der Waals surface area contributed by atoms with E-state index in [1.807, 2.05) is 63.2 Å². The van der Waals surface area contributed by atoms with Crippen molar-refractivity contribution < 1.29 is 23.5 Å². The van der Waals surface area contributed by atoms with Crippen LogP contribution in [0.15, 0.2) is 52.7 Å². The van der Waals surface area contributed by atoms with Crippen LogP contribution >= 0.6 is 0 Å². The van der Waals surface area contributed by atoms with Gasteiger partial charge in [-0.15, -0.1) is 0 Å². The molecule has 190 valence electrons. The van der Waals surface area contributed by atoms with Crippen LogP contribution in [0.4, 0.5) is 4.79 Å². The summed E-state index contributed by atoms with van der Waals surface area (Å²) in [5.41, 5.74) is 4.27. The van der Waals surface area contributed by atoms with Gasteiger partial charge in [-0.1, -0.05) is 41.1 Å². The largest absolute Gasteiger partial charge is 0.493 e. The van der Waals surface area contributed by atoms with Crippen molar-refractivity contribution in [3.63, 3.8) is 0 Å². The summed E-state index contributed by atoms with van der Waals surface area (Å²) in [6.07, 6.45) is 0.700. The number of nitrogens with zero attached hydrogens (tertiary/aromatic N) is 3. The molecule has 1 unspecified atom stereocenters. The summed E-state index contributed by atoms with van der Waals surface area (Å²) in [6, 6.07) is 12.7. The van der Waals surface area contributed by atoms with Crippen LogP contribution in [0.25, 0.3) is 17.0 Å². The number of urea groups is 1. The maximum Gasteiger partial charge on any atom is 0.322 e. The van der Waals surface area contributed by atoms with Gasteiger partial charge in [0.05, 0.1) is 25.8 Å². The zero-order chi connectivity index (χ0) is 25.7. The summed E-state index contributed by atoms with van der Waals surface area (Å²) in [5, 5.41) is 7.34. The molecule has 36 heavy (non-hydrogen) atoms. The van der Waals surface area contributed by atoms with Gasteiger partial charge in [-0.3, -0.25) is 4.90 Å². The molecule has 1 aliphatic heterocycles. The Morgan fingerprint density at radius 2 is 1.81 bits per heavy atom. The van der Waals surface area contributed by atoms with Gasteiger partial charge in [0, 0.05) is 31.0 Å². The Hall–Kier alpha value is -3.85. The molecule has 0 radical (unpaired) electrons. The lowest BCUT2D eigenvalue weighted by Gasteiger charge is -2.35. The Morgan fingerprint density at radius 1 is 1.06 bits per heavy atom. The fraction of sp³-hybridized carbons (Fsp3) is 0.370. The second-order valence-corrected chi connectivity index (χ2v) is 8.49. The normalized spacial score (nSPS) is 15.8. The zero-order valence-electron chi connectivity index (χ0n) is 21.3. The van der Waals surface area contributed by atoms with E-state index in [1.54, 1.807) is 19.1 Å². The van der Waals surface area contributed by atoms with E-state index in [2.05, 4.69) is 10.5 Å². The lowest BCUT2D eigenvalue weighted by Crippen LogP contribution is -2.46. The first-order valence-corrected chi connectivity index (χ1v) is 12.0. The van der Waals surface area contributed by atoms with Gasteiger partial charge in [0.1, 0.15) is 0 Å². The molecule has 4 rings (SSSR count). The summed E-state index contributed by atoms with van der Waals surface area (Å²) < 4.78 is 22.1. The molecule has 0 bridgehead atoms. The second-order valence-electron chi connectivity index (χ2n) is 8.49. The highest BCUT2D eigenvalue weighted by Gasteiger charge is 2.36. The number of benzene rings is 2. The van der Waals surface area contributed by atoms with Gasteiger partial charge in [-0.25, -0.2) is 4.79 Å². The molecule has 0 fully saturated rings. The van der Waals surface area contributed by atoms with Gasteiger partial charge in [0.2, 0.25) is 5.82 Å². The van der Waals surface area contributed by atoms with E-state index < -0.39 is 6.04 Å². The third-order valence-corrected chi connectivity index (χ3v) is 6.18. The lowest BCUT2D eigenvalue weighted by atomic mass is 9.94. The monoisotopic (exact) mass is 492 g/mol. The van der Waals surface area contributed by atoms with Gasteiger partial charge >= 0.3 is 6.03 Å². The van der Waals surface area contributed by atoms with E-state index in [0.717, 1.165) is 28.0 Å². The standard InChI is InChI=1S/C27H32N4O5/c1-6-35-15-7-14-31-18(3)23(26-29-25(30-36-26)19-10-8-17(2)9-11-19)24(28-27(31)32)20-12-13-21(33-4)22(16-20)34-5/h8-13,16,24H,6-7,14-15H2,1-5H3,(H,28,32). The number of nitrogens with one attached hydrogen (secondary N) is 1. The highest BCUT2D eigenvalue weighted by molar-refractivity contribution is 5.87. The summed E-state index contributed by atoms with van der Waals surface area (Å²) in [4.78, 5) is 19.6. The number of hydrogen-bond acceptors (Lipinski definition) is 7. The average Bonchev–Trinajstić information content (AvgIpc) is 3.37. The van der Waals surface area contributed by atoms with Crippen LogP contribution < -0.4 is 14.8 Å². The van der Waals surface area contributed by atoms with Crippen LogP contribution in [-0.4, -0.2) is 55.0 Å². The van der Waals surface area contributed by atoms with E-state index >= 15 is 0 Å². The number of hydrogen-bond donors (Lipinski definition) is 1. The number of aryl methyl sites for hydroxylation is 1. The van der Waals surface area contributed by atoms with Crippen LogP contribution in [0.1, 0.15) is 43.3 Å². The number of aromatic nitrogens is 2. The Labute approximate surface area is 211 Å². The van der Waals surface area contributed by atoms with Crippen molar-refractivity contribution in [1.29, 1.82) is 0 Å². The molecule has 0 aliphatic carbocycles. The van der Waals surface area contributed by atoms with Crippen molar-refractivity contribution in [3.05, 3.63) is 65.2 Å². The molecule has 3 aromatic rings. The molecule has 2 aromatic carbocycles.